The first kappa shape index (κ1) is 16.8. The maximum atomic E-state index is 11.9. The predicted molar refractivity (Wildman–Crippen MR) is 88.9 cm³/mol. The molecule has 2 aromatic rings. The second-order valence-corrected chi connectivity index (χ2v) is 5.19. The fourth-order valence-corrected chi connectivity index (χ4v) is 2.05. The molecule has 0 aliphatic rings. The van der Waals surface area contributed by atoms with Crippen molar-refractivity contribution in [3.8, 4) is 22.8 Å². The van der Waals surface area contributed by atoms with Gasteiger partial charge in [0.15, 0.2) is 11.5 Å². The summed E-state index contributed by atoms with van der Waals surface area (Å²) in [5.41, 5.74) is 1.24. The van der Waals surface area contributed by atoms with E-state index in [2.05, 4.69) is 10.1 Å². The van der Waals surface area contributed by atoms with Crippen LogP contribution < -0.4 is 15.1 Å². The van der Waals surface area contributed by atoms with Gasteiger partial charge in [-0.05, 0) is 32.3 Å². The fourth-order valence-electron chi connectivity index (χ4n) is 2.05. The lowest BCUT2D eigenvalue weighted by Gasteiger charge is -2.08. The molecule has 2 rings (SSSR count). The Hall–Kier alpha value is -2.54. The summed E-state index contributed by atoms with van der Waals surface area (Å²) in [6.45, 7) is 1.40. The van der Waals surface area contributed by atoms with E-state index in [1.54, 1.807) is 26.4 Å². The maximum absolute atomic E-state index is 11.9. The third-order valence-corrected chi connectivity index (χ3v) is 3.30. The molecule has 23 heavy (non-hydrogen) atoms. The van der Waals surface area contributed by atoms with Crippen molar-refractivity contribution in [1.82, 2.24) is 10.1 Å². The summed E-state index contributed by atoms with van der Waals surface area (Å²) in [6.07, 6.45) is 1.54. The zero-order valence-corrected chi connectivity index (χ0v) is 13.8. The second-order valence-electron chi connectivity index (χ2n) is 5.19. The number of aromatic amines is 1. The second kappa shape index (κ2) is 7.64. The van der Waals surface area contributed by atoms with Gasteiger partial charge in [0.25, 0.3) is 0 Å². The summed E-state index contributed by atoms with van der Waals surface area (Å²) in [7, 11) is 7.06. The van der Waals surface area contributed by atoms with Crippen molar-refractivity contribution in [2.45, 2.75) is 0 Å². The highest BCUT2D eigenvalue weighted by molar-refractivity contribution is 5.88. The number of ether oxygens (including phenoxy) is 2. The minimum Gasteiger partial charge on any atom is -0.493 e. The zero-order valence-electron chi connectivity index (χ0n) is 13.8. The molecule has 1 heterocycles. The Labute approximate surface area is 134 Å². The summed E-state index contributed by atoms with van der Waals surface area (Å²) in [5, 5.41) is 2.64. The molecule has 0 aliphatic heterocycles. The van der Waals surface area contributed by atoms with Crippen LogP contribution in [-0.2, 0) is 0 Å². The molecule has 0 saturated heterocycles. The summed E-state index contributed by atoms with van der Waals surface area (Å²) in [4.78, 5) is 18.2. The molecule has 7 nitrogen and oxygen atoms in total. The Bertz CT molecular complexity index is 731. The van der Waals surface area contributed by atoms with E-state index in [1.165, 1.54) is 6.21 Å². The van der Waals surface area contributed by atoms with Gasteiger partial charge in [-0.15, -0.1) is 0 Å². The van der Waals surface area contributed by atoms with Crippen LogP contribution in [0, 0.1) is 0 Å². The highest BCUT2D eigenvalue weighted by Gasteiger charge is 2.14. The molecule has 7 heteroatoms. The number of nitrogens with zero attached hydrogens (tertiary/aromatic N) is 2. The number of hydrogen-bond acceptors (Lipinski definition) is 6. The number of aliphatic imine (C=N–C) groups is 1. The molecule has 1 aromatic carbocycles. The van der Waals surface area contributed by atoms with E-state index < -0.39 is 5.63 Å². The average Bonchev–Trinajstić information content (AvgIpc) is 2.91. The van der Waals surface area contributed by atoms with E-state index in [-0.39, 0.29) is 0 Å². The molecule has 1 N–H and O–H groups in total. The van der Waals surface area contributed by atoms with Crippen LogP contribution in [0.15, 0.2) is 32.5 Å². The summed E-state index contributed by atoms with van der Waals surface area (Å²) in [6, 6.07) is 5.36. The van der Waals surface area contributed by atoms with Crippen molar-refractivity contribution in [3.05, 3.63) is 34.2 Å². The third kappa shape index (κ3) is 4.01. The van der Waals surface area contributed by atoms with E-state index in [0.29, 0.717) is 29.3 Å². The van der Waals surface area contributed by atoms with Crippen molar-refractivity contribution in [2.75, 3.05) is 41.4 Å². The van der Waals surface area contributed by atoms with Gasteiger partial charge < -0.3 is 18.9 Å². The first-order valence-corrected chi connectivity index (χ1v) is 7.15. The molecule has 0 atom stereocenters. The van der Waals surface area contributed by atoms with E-state index in [4.69, 9.17) is 14.0 Å². The number of likely N-dealkylation sites (N-methyl/N-ethyl adjacent to an activating group) is 1. The van der Waals surface area contributed by atoms with Gasteiger partial charge in [0.1, 0.15) is 5.56 Å². The number of aromatic nitrogens is 1. The van der Waals surface area contributed by atoms with Crippen LogP contribution in [0.5, 0.6) is 11.5 Å². The van der Waals surface area contributed by atoms with Crippen LogP contribution in [0.3, 0.4) is 0 Å². The lowest BCUT2D eigenvalue weighted by Crippen LogP contribution is -2.15. The maximum Gasteiger partial charge on any atom is 0.366 e. The van der Waals surface area contributed by atoms with E-state index >= 15 is 0 Å². The molecule has 0 spiro atoms. The molecule has 0 amide bonds. The first-order chi connectivity index (χ1) is 11.1. The monoisotopic (exact) mass is 319 g/mol. The lowest BCUT2D eigenvalue weighted by atomic mass is 10.1. The minimum atomic E-state index is -0.455. The van der Waals surface area contributed by atoms with Crippen LogP contribution in [0.2, 0.25) is 0 Å². The van der Waals surface area contributed by atoms with Crippen LogP contribution in [0.25, 0.3) is 11.3 Å². The fraction of sp³-hybridized carbons (Fsp3) is 0.375. The molecule has 1 aromatic heterocycles. The van der Waals surface area contributed by atoms with Crippen molar-refractivity contribution >= 4 is 6.21 Å². The number of nitrogens with one attached hydrogen (secondary N) is 1. The predicted octanol–water partition coefficient (Wildman–Crippen LogP) is 1.63. The Morgan fingerprint density at radius 2 is 2.00 bits per heavy atom. The molecular formula is C16H21N3O4. The summed E-state index contributed by atoms with van der Waals surface area (Å²) < 4.78 is 15.4. The number of rotatable bonds is 7. The third-order valence-electron chi connectivity index (χ3n) is 3.30. The molecular weight excluding hydrogens is 298 g/mol. The highest BCUT2D eigenvalue weighted by Crippen LogP contribution is 2.32. The summed E-state index contributed by atoms with van der Waals surface area (Å²) in [5.74, 6) is 1.19. The standard InChI is InChI=1S/C16H21N3O4/c1-19(2)8-7-17-10-12-15(18-23-16(12)20)11-5-6-13(21-3)14(9-11)22-4/h5-6,9-10,18H,7-8H2,1-4H3. The van der Waals surface area contributed by atoms with Crippen molar-refractivity contribution < 1.29 is 14.0 Å². The molecule has 0 fully saturated rings. The average molecular weight is 319 g/mol. The van der Waals surface area contributed by atoms with Gasteiger partial charge in [-0.1, -0.05) is 0 Å². The number of methoxy groups -OCH3 is 2. The van der Waals surface area contributed by atoms with E-state index in [1.807, 2.05) is 25.1 Å². The molecule has 0 unspecified atom stereocenters. The quantitative estimate of drug-likeness (QED) is 0.785. The van der Waals surface area contributed by atoms with Gasteiger partial charge in [-0.25, -0.2) is 9.95 Å². The normalized spacial score (nSPS) is 11.3. The van der Waals surface area contributed by atoms with E-state index in [0.717, 1.165) is 12.1 Å². The highest BCUT2D eigenvalue weighted by atomic mass is 16.5. The summed E-state index contributed by atoms with van der Waals surface area (Å²) >= 11 is 0. The largest absolute Gasteiger partial charge is 0.493 e. The molecule has 0 saturated carbocycles. The van der Waals surface area contributed by atoms with Crippen molar-refractivity contribution in [1.29, 1.82) is 0 Å². The van der Waals surface area contributed by atoms with Crippen LogP contribution >= 0.6 is 0 Å². The number of H-pyrrole nitrogens is 1. The van der Waals surface area contributed by atoms with Gasteiger partial charge in [0.05, 0.1) is 26.5 Å². The lowest BCUT2D eigenvalue weighted by molar-refractivity contribution is 0.355. The molecule has 0 radical (unpaired) electrons. The number of benzene rings is 1. The van der Waals surface area contributed by atoms with Gasteiger partial charge in [-0.2, -0.15) is 0 Å². The zero-order chi connectivity index (χ0) is 16.8. The Morgan fingerprint density at radius 3 is 2.65 bits per heavy atom. The van der Waals surface area contributed by atoms with Gasteiger partial charge in [0, 0.05) is 18.3 Å². The molecule has 0 bridgehead atoms. The Kier molecular flexibility index (Phi) is 5.59. The van der Waals surface area contributed by atoms with Gasteiger partial charge in [-0.3, -0.25) is 4.99 Å². The van der Waals surface area contributed by atoms with Gasteiger partial charge in [0.2, 0.25) is 0 Å². The Morgan fingerprint density at radius 1 is 1.26 bits per heavy atom. The smallest absolute Gasteiger partial charge is 0.366 e. The van der Waals surface area contributed by atoms with Crippen LogP contribution in [0.1, 0.15) is 5.56 Å². The topological polar surface area (TPSA) is 80.1 Å². The van der Waals surface area contributed by atoms with Crippen LogP contribution in [0.4, 0.5) is 0 Å². The minimum absolute atomic E-state index is 0.385. The van der Waals surface area contributed by atoms with Crippen LogP contribution in [-0.4, -0.2) is 57.7 Å². The van der Waals surface area contributed by atoms with E-state index in [9.17, 15) is 4.79 Å². The molecule has 124 valence electrons. The van der Waals surface area contributed by atoms with Crippen molar-refractivity contribution in [3.63, 3.8) is 0 Å². The van der Waals surface area contributed by atoms with Crippen molar-refractivity contribution in [2.24, 2.45) is 4.99 Å². The molecule has 0 aliphatic carbocycles. The van der Waals surface area contributed by atoms with Gasteiger partial charge >= 0.3 is 5.63 Å². The SMILES string of the molecule is COc1ccc(-c2[nH]oc(=O)c2C=NCCN(C)C)cc1OC. The first-order valence-electron chi connectivity index (χ1n) is 7.15. The number of hydrogen-bond donors (Lipinski definition) is 1. The Balaban J connectivity index is 2.32.